The highest BCUT2D eigenvalue weighted by molar-refractivity contribution is 7.10. The summed E-state index contributed by atoms with van der Waals surface area (Å²) in [5.74, 6) is 2.76. The summed E-state index contributed by atoms with van der Waals surface area (Å²) in [4.78, 5) is 10.4. The predicted molar refractivity (Wildman–Crippen MR) is 127 cm³/mol. The van der Waals surface area contributed by atoms with Gasteiger partial charge in [-0.25, -0.2) is 9.97 Å². The van der Waals surface area contributed by atoms with Gasteiger partial charge in [0.15, 0.2) is 11.5 Å². The first kappa shape index (κ1) is 21.1. The van der Waals surface area contributed by atoms with E-state index in [1.165, 1.54) is 16.0 Å². The van der Waals surface area contributed by atoms with Gasteiger partial charge in [-0.1, -0.05) is 24.3 Å². The zero-order valence-electron chi connectivity index (χ0n) is 18.1. The van der Waals surface area contributed by atoms with Crippen molar-refractivity contribution in [3.05, 3.63) is 64.1 Å². The fourth-order valence-electron chi connectivity index (χ4n) is 3.66. The molecular formula is C24H26N4O2S. The molecule has 0 aliphatic rings. The number of fused-ring (bicyclic) bond motifs is 1. The van der Waals surface area contributed by atoms with Crippen molar-refractivity contribution in [2.75, 3.05) is 19.5 Å². The third kappa shape index (κ3) is 4.19. The average molecular weight is 435 g/mol. The fraction of sp³-hybridized carbons (Fsp3) is 0.250. The van der Waals surface area contributed by atoms with Gasteiger partial charge in [-0.3, -0.25) is 0 Å². The number of aryl methyl sites for hydroxylation is 1. The molecule has 0 saturated heterocycles. The second-order valence-electron chi connectivity index (χ2n) is 7.31. The fourth-order valence-corrected chi connectivity index (χ4v) is 4.58. The van der Waals surface area contributed by atoms with Gasteiger partial charge < -0.3 is 20.5 Å². The van der Waals surface area contributed by atoms with Crippen LogP contribution in [0.4, 0.5) is 5.82 Å². The largest absolute Gasteiger partial charge is 0.493 e. The van der Waals surface area contributed by atoms with E-state index in [0.717, 1.165) is 22.3 Å². The number of nitrogens with zero attached hydrogens (tertiary/aromatic N) is 2. The molecule has 0 amide bonds. The Hall–Kier alpha value is -3.16. The van der Waals surface area contributed by atoms with Crippen molar-refractivity contribution >= 4 is 28.1 Å². The number of methoxy groups -OCH3 is 2. The Labute approximate surface area is 186 Å². The maximum absolute atomic E-state index is 5.93. The van der Waals surface area contributed by atoms with E-state index >= 15 is 0 Å². The van der Waals surface area contributed by atoms with E-state index in [1.807, 2.05) is 31.2 Å². The van der Waals surface area contributed by atoms with E-state index in [4.69, 9.17) is 15.2 Å². The monoisotopic (exact) mass is 434 g/mol. The van der Waals surface area contributed by atoms with E-state index in [9.17, 15) is 0 Å². The van der Waals surface area contributed by atoms with Crippen molar-refractivity contribution in [2.24, 2.45) is 5.73 Å². The Morgan fingerprint density at radius 1 is 1.06 bits per heavy atom. The molecule has 1 unspecified atom stereocenters. The van der Waals surface area contributed by atoms with Gasteiger partial charge in [0.2, 0.25) is 0 Å². The van der Waals surface area contributed by atoms with E-state index in [-0.39, 0.29) is 6.04 Å². The number of rotatable bonds is 7. The number of ether oxygens (including phenoxy) is 2. The summed E-state index contributed by atoms with van der Waals surface area (Å²) in [6, 6.07) is 14.3. The van der Waals surface area contributed by atoms with Crippen molar-refractivity contribution < 1.29 is 9.47 Å². The van der Waals surface area contributed by atoms with E-state index < -0.39 is 0 Å². The molecule has 6 nitrogen and oxygen atoms in total. The molecule has 3 N–H and O–H groups in total. The highest BCUT2D eigenvalue weighted by atomic mass is 32.1. The van der Waals surface area contributed by atoms with Gasteiger partial charge >= 0.3 is 0 Å². The molecule has 2 aromatic carbocycles. The summed E-state index contributed by atoms with van der Waals surface area (Å²) in [5.41, 5.74) is 10.2. The van der Waals surface area contributed by atoms with Crippen LogP contribution in [0.3, 0.4) is 0 Å². The molecule has 0 fully saturated rings. The van der Waals surface area contributed by atoms with Gasteiger partial charge in [0.1, 0.15) is 11.6 Å². The van der Waals surface area contributed by atoms with E-state index in [0.29, 0.717) is 23.9 Å². The lowest BCUT2D eigenvalue weighted by molar-refractivity contribution is 0.356. The zero-order valence-corrected chi connectivity index (χ0v) is 18.9. The van der Waals surface area contributed by atoms with Crippen LogP contribution >= 0.6 is 11.3 Å². The van der Waals surface area contributed by atoms with Crippen molar-refractivity contribution in [3.8, 4) is 22.6 Å². The molecule has 7 heteroatoms. The number of anilines is 1. The number of nitrogens with two attached hydrogens (primary N) is 1. The molecule has 0 saturated carbocycles. The number of hydrogen-bond donors (Lipinski definition) is 2. The Balaban J connectivity index is 1.67. The normalized spacial score (nSPS) is 12.0. The molecule has 31 heavy (non-hydrogen) atoms. The molecule has 0 aliphatic carbocycles. The average Bonchev–Trinajstić information content (AvgIpc) is 3.28. The first-order chi connectivity index (χ1) is 15.0. The third-order valence-electron chi connectivity index (χ3n) is 5.26. The van der Waals surface area contributed by atoms with Crippen LogP contribution in [0.15, 0.2) is 47.8 Å². The van der Waals surface area contributed by atoms with E-state index in [1.54, 1.807) is 25.6 Å². The summed E-state index contributed by atoms with van der Waals surface area (Å²) in [6.07, 6.45) is 0. The van der Waals surface area contributed by atoms with Crippen molar-refractivity contribution in [1.82, 2.24) is 9.97 Å². The second-order valence-corrected chi connectivity index (χ2v) is 8.25. The Morgan fingerprint density at radius 3 is 2.55 bits per heavy atom. The third-order valence-corrected chi connectivity index (χ3v) is 6.38. The van der Waals surface area contributed by atoms with Crippen molar-refractivity contribution in [2.45, 2.75) is 26.4 Å². The second kappa shape index (κ2) is 8.91. The molecule has 0 radical (unpaired) electrons. The molecule has 160 valence electrons. The molecule has 0 bridgehead atoms. The zero-order chi connectivity index (χ0) is 22.0. The lowest BCUT2D eigenvalue weighted by Crippen LogP contribution is -2.08. The molecule has 4 rings (SSSR count). The Morgan fingerprint density at radius 2 is 1.81 bits per heavy atom. The number of benzene rings is 2. The topological polar surface area (TPSA) is 82.3 Å². The van der Waals surface area contributed by atoms with Crippen LogP contribution in [0.1, 0.15) is 29.2 Å². The molecule has 2 aromatic heterocycles. The summed E-state index contributed by atoms with van der Waals surface area (Å²) in [7, 11) is 3.25. The number of thiophene rings is 1. The predicted octanol–water partition coefficient (Wildman–Crippen LogP) is 5.32. The summed E-state index contributed by atoms with van der Waals surface area (Å²) in [6.45, 7) is 4.54. The highest BCUT2D eigenvalue weighted by Crippen LogP contribution is 2.36. The summed E-state index contributed by atoms with van der Waals surface area (Å²) >= 11 is 1.72. The van der Waals surface area contributed by atoms with Crippen LogP contribution in [0.2, 0.25) is 0 Å². The van der Waals surface area contributed by atoms with E-state index in [2.05, 4.69) is 45.8 Å². The van der Waals surface area contributed by atoms with Crippen LogP contribution in [0, 0.1) is 6.92 Å². The maximum Gasteiger partial charge on any atom is 0.162 e. The minimum Gasteiger partial charge on any atom is -0.493 e. The lowest BCUT2D eigenvalue weighted by atomic mass is 10.0. The number of aromatic nitrogens is 2. The SMILES string of the molecule is COc1cc2nc(C)nc(NC(C)c3cc(-c4ccccc4CN)cs3)c2cc1OC. The minimum atomic E-state index is 0.0642. The molecule has 0 spiro atoms. The van der Waals surface area contributed by atoms with Gasteiger partial charge in [-0.15, -0.1) is 11.3 Å². The Kier molecular flexibility index (Phi) is 6.06. The number of hydrogen-bond acceptors (Lipinski definition) is 7. The molecule has 2 heterocycles. The first-order valence-electron chi connectivity index (χ1n) is 10.1. The van der Waals surface area contributed by atoms with Crippen LogP contribution in [0.25, 0.3) is 22.0 Å². The molecular weight excluding hydrogens is 408 g/mol. The smallest absolute Gasteiger partial charge is 0.162 e. The highest BCUT2D eigenvalue weighted by Gasteiger charge is 2.16. The maximum atomic E-state index is 5.93. The van der Waals surface area contributed by atoms with Gasteiger partial charge in [0.05, 0.1) is 25.8 Å². The molecule has 1 atom stereocenters. The molecule has 0 aliphatic heterocycles. The quantitative estimate of drug-likeness (QED) is 0.410. The van der Waals surface area contributed by atoms with Gasteiger partial charge in [0.25, 0.3) is 0 Å². The van der Waals surface area contributed by atoms with Gasteiger partial charge in [0, 0.05) is 22.9 Å². The van der Waals surface area contributed by atoms with Gasteiger partial charge in [-0.05, 0) is 48.1 Å². The van der Waals surface area contributed by atoms with Crippen molar-refractivity contribution in [3.63, 3.8) is 0 Å². The van der Waals surface area contributed by atoms with Crippen LogP contribution in [-0.2, 0) is 6.54 Å². The van der Waals surface area contributed by atoms with Crippen LogP contribution in [-0.4, -0.2) is 24.2 Å². The lowest BCUT2D eigenvalue weighted by Gasteiger charge is -2.16. The van der Waals surface area contributed by atoms with Crippen LogP contribution in [0.5, 0.6) is 11.5 Å². The molecule has 4 aromatic rings. The first-order valence-corrected chi connectivity index (χ1v) is 11.0. The summed E-state index contributed by atoms with van der Waals surface area (Å²) < 4.78 is 10.9. The summed E-state index contributed by atoms with van der Waals surface area (Å²) in [5, 5.41) is 6.63. The minimum absolute atomic E-state index is 0.0642. The standard InChI is InChI=1S/C24H26N4O2S/c1-14(23-9-17(13-31-23)18-8-6-5-7-16(18)12-25)26-24-19-10-21(29-3)22(30-4)11-20(19)27-15(2)28-24/h5-11,13-14H,12,25H2,1-4H3,(H,26,27,28). The Bertz CT molecular complexity index is 1220. The number of nitrogens with one attached hydrogen (secondary N) is 1. The van der Waals surface area contributed by atoms with Gasteiger partial charge in [-0.2, -0.15) is 0 Å². The van der Waals surface area contributed by atoms with Crippen molar-refractivity contribution in [1.29, 1.82) is 0 Å². The van der Waals surface area contributed by atoms with Crippen LogP contribution < -0.4 is 20.5 Å².